The molecule has 35 heavy (non-hydrogen) atoms. The summed E-state index contributed by atoms with van der Waals surface area (Å²) < 4.78 is 28.1. The third kappa shape index (κ3) is 3.69. The average Bonchev–Trinajstić information content (AvgIpc) is 2.86. The standard InChI is InChI=1S/C28H24O7/c1-15-12-21-25(18(13-22(29)34-21)16-8-6-5-7-9-16)28-24(15)19(14-23(30)35-28)17-10-11-20(31-2)27(33-4)26(17)32-3/h5-13,19H,14H2,1-4H3/t19-/m1/s1. The first-order chi connectivity index (χ1) is 17.0. The molecule has 0 radical (unpaired) electrons. The third-order valence-electron chi connectivity index (χ3n) is 6.36. The minimum atomic E-state index is -0.476. The van der Waals surface area contributed by atoms with E-state index in [0.717, 1.165) is 22.3 Å². The number of benzene rings is 3. The lowest BCUT2D eigenvalue weighted by Crippen LogP contribution is -2.23. The number of aryl methyl sites for hydroxylation is 1. The summed E-state index contributed by atoms with van der Waals surface area (Å²) >= 11 is 0. The molecule has 4 aromatic rings. The fourth-order valence-corrected chi connectivity index (χ4v) is 4.91. The number of rotatable bonds is 5. The molecule has 0 spiro atoms. The van der Waals surface area contributed by atoms with E-state index in [1.54, 1.807) is 27.4 Å². The van der Waals surface area contributed by atoms with Gasteiger partial charge in [-0.05, 0) is 30.2 Å². The minimum absolute atomic E-state index is 0.114. The molecule has 1 aliphatic rings. The summed E-state index contributed by atoms with van der Waals surface area (Å²) in [7, 11) is 4.65. The number of carbonyl (C=O) groups is 1. The first kappa shape index (κ1) is 22.5. The minimum Gasteiger partial charge on any atom is -0.493 e. The molecule has 0 unspecified atom stereocenters. The molecule has 0 aliphatic carbocycles. The summed E-state index contributed by atoms with van der Waals surface area (Å²) in [5, 5.41) is 0.578. The van der Waals surface area contributed by atoms with Crippen LogP contribution in [0.3, 0.4) is 0 Å². The second kappa shape index (κ2) is 8.83. The van der Waals surface area contributed by atoms with Crippen molar-refractivity contribution in [2.45, 2.75) is 19.3 Å². The van der Waals surface area contributed by atoms with Crippen molar-refractivity contribution in [1.29, 1.82) is 0 Å². The highest BCUT2D eigenvalue weighted by Crippen LogP contribution is 2.51. The number of fused-ring (bicyclic) bond motifs is 3. The fraction of sp³-hybridized carbons (Fsp3) is 0.214. The first-order valence-electron chi connectivity index (χ1n) is 11.1. The summed E-state index contributed by atoms with van der Waals surface area (Å²) in [6.45, 7) is 1.91. The lowest BCUT2D eigenvalue weighted by Gasteiger charge is -2.29. The van der Waals surface area contributed by atoms with Crippen molar-refractivity contribution in [2.75, 3.05) is 21.3 Å². The third-order valence-corrected chi connectivity index (χ3v) is 6.36. The van der Waals surface area contributed by atoms with Gasteiger partial charge in [0.05, 0.1) is 33.1 Å². The van der Waals surface area contributed by atoms with Gasteiger partial charge >= 0.3 is 11.6 Å². The predicted octanol–water partition coefficient (Wildman–Crippen LogP) is 5.24. The maximum absolute atomic E-state index is 12.9. The molecule has 7 nitrogen and oxygen atoms in total. The Morgan fingerprint density at radius 3 is 2.31 bits per heavy atom. The molecule has 1 aromatic heterocycles. The van der Waals surface area contributed by atoms with Gasteiger partial charge in [-0.3, -0.25) is 4.79 Å². The molecule has 0 N–H and O–H groups in total. The van der Waals surface area contributed by atoms with Gasteiger partial charge in [0, 0.05) is 28.7 Å². The molecule has 7 heteroatoms. The molecule has 2 heterocycles. The van der Waals surface area contributed by atoms with E-state index in [1.807, 2.05) is 49.4 Å². The van der Waals surface area contributed by atoms with Crippen molar-refractivity contribution in [1.82, 2.24) is 0 Å². The Hall–Kier alpha value is -4.26. The van der Waals surface area contributed by atoms with Crippen LogP contribution in [-0.4, -0.2) is 27.3 Å². The second-order valence-electron chi connectivity index (χ2n) is 8.31. The Balaban J connectivity index is 1.84. The smallest absolute Gasteiger partial charge is 0.336 e. The normalized spacial score (nSPS) is 14.9. The number of methoxy groups -OCH3 is 3. The zero-order valence-corrected chi connectivity index (χ0v) is 19.8. The maximum atomic E-state index is 12.9. The fourth-order valence-electron chi connectivity index (χ4n) is 4.91. The lowest BCUT2D eigenvalue weighted by atomic mass is 9.81. The number of carbonyl (C=O) groups excluding carboxylic acids is 1. The summed E-state index contributed by atoms with van der Waals surface area (Å²) in [6, 6.07) is 16.4. The highest BCUT2D eigenvalue weighted by Gasteiger charge is 2.35. The van der Waals surface area contributed by atoms with E-state index in [4.69, 9.17) is 23.4 Å². The molecule has 3 aromatic carbocycles. The van der Waals surface area contributed by atoms with Crippen LogP contribution in [0.2, 0.25) is 0 Å². The summed E-state index contributed by atoms with van der Waals surface area (Å²) in [5.74, 6) is 1.08. The van der Waals surface area contributed by atoms with Crippen molar-refractivity contribution >= 4 is 16.9 Å². The molecular formula is C28H24O7. The Kier molecular flexibility index (Phi) is 5.68. The zero-order chi connectivity index (χ0) is 24.7. The second-order valence-corrected chi connectivity index (χ2v) is 8.31. The highest BCUT2D eigenvalue weighted by molar-refractivity contribution is 6.01. The first-order valence-corrected chi connectivity index (χ1v) is 11.1. The van der Waals surface area contributed by atoms with Crippen LogP contribution >= 0.6 is 0 Å². The van der Waals surface area contributed by atoms with Crippen LogP contribution in [-0.2, 0) is 4.79 Å². The van der Waals surface area contributed by atoms with Gasteiger partial charge in [0.15, 0.2) is 11.5 Å². The number of esters is 1. The SMILES string of the molecule is COc1ccc([C@H]2CC(=O)Oc3c2c(C)cc2oc(=O)cc(-c4ccccc4)c32)c(OC)c1OC. The van der Waals surface area contributed by atoms with Gasteiger partial charge < -0.3 is 23.4 Å². The summed E-state index contributed by atoms with van der Waals surface area (Å²) in [6.07, 6.45) is 0.114. The molecule has 5 rings (SSSR count). The highest BCUT2D eigenvalue weighted by atomic mass is 16.5. The monoisotopic (exact) mass is 472 g/mol. The van der Waals surface area contributed by atoms with E-state index in [-0.39, 0.29) is 12.3 Å². The van der Waals surface area contributed by atoms with Gasteiger partial charge in [-0.1, -0.05) is 36.4 Å². The van der Waals surface area contributed by atoms with Crippen molar-refractivity contribution in [3.05, 3.63) is 81.7 Å². The number of hydrogen-bond acceptors (Lipinski definition) is 7. The van der Waals surface area contributed by atoms with E-state index in [0.29, 0.717) is 39.5 Å². The Labute approximate surface area is 201 Å². The Bertz CT molecular complexity index is 1500. The van der Waals surface area contributed by atoms with Gasteiger partial charge in [-0.15, -0.1) is 0 Å². The molecule has 178 valence electrons. The van der Waals surface area contributed by atoms with Crippen LogP contribution in [0.15, 0.2) is 63.8 Å². The van der Waals surface area contributed by atoms with Gasteiger partial charge in [0.2, 0.25) is 5.75 Å². The van der Waals surface area contributed by atoms with Crippen molar-refractivity contribution in [2.24, 2.45) is 0 Å². The van der Waals surface area contributed by atoms with E-state index in [2.05, 4.69) is 0 Å². The average molecular weight is 472 g/mol. The topological polar surface area (TPSA) is 84.2 Å². The molecule has 0 amide bonds. The van der Waals surface area contributed by atoms with Crippen molar-refractivity contribution < 1.29 is 28.2 Å². The van der Waals surface area contributed by atoms with Gasteiger partial charge in [0.25, 0.3) is 0 Å². The molecule has 1 aliphatic heterocycles. The molecule has 0 saturated carbocycles. The number of ether oxygens (including phenoxy) is 4. The van der Waals surface area contributed by atoms with Gasteiger partial charge in [-0.2, -0.15) is 0 Å². The lowest BCUT2D eigenvalue weighted by molar-refractivity contribution is -0.135. The largest absolute Gasteiger partial charge is 0.493 e. The van der Waals surface area contributed by atoms with Crippen LogP contribution in [0, 0.1) is 6.92 Å². The van der Waals surface area contributed by atoms with E-state index in [9.17, 15) is 9.59 Å². The molecule has 1 atom stereocenters. The van der Waals surface area contributed by atoms with Crippen LogP contribution < -0.4 is 24.6 Å². The van der Waals surface area contributed by atoms with Crippen molar-refractivity contribution in [3.8, 4) is 34.1 Å². The summed E-state index contributed by atoms with van der Waals surface area (Å²) in [5.41, 5.74) is 3.77. The van der Waals surface area contributed by atoms with Gasteiger partial charge in [0.1, 0.15) is 11.3 Å². The Morgan fingerprint density at radius 1 is 0.886 bits per heavy atom. The van der Waals surface area contributed by atoms with Crippen LogP contribution in [0.25, 0.3) is 22.1 Å². The molecule has 0 fully saturated rings. The van der Waals surface area contributed by atoms with E-state index in [1.165, 1.54) is 6.07 Å². The molecule has 0 bridgehead atoms. The maximum Gasteiger partial charge on any atom is 0.336 e. The zero-order valence-electron chi connectivity index (χ0n) is 19.8. The van der Waals surface area contributed by atoms with Crippen LogP contribution in [0.4, 0.5) is 0 Å². The summed E-state index contributed by atoms with van der Waals surface area (Å²) in [4.78, 5) is 25.4. The van der Waals surface area contributed by atoms with E-state index < -0.39 is 11.6 Å². The van der Waals surface area contributed by atoms with Gasteiger partial charge in [-0.25, -0.2) is 4.79 Å². The van der Waals surface area contributed by atoms with Crippen LogP contribution in [0.1, 0.15) is 29.0 Å². The predicted molar refractivity (Wildman–Crippen MR) is 131 cm³/mol. The molecule has 0 saturated heterocycles. The quantitative estimate of drug-likeness (QED) is 0.223. The molecular weight excluding hydrogens is 448 g/mol. The van der Waals surface area contributed by atoms with Crippen LogP contribution in [0.5, 0.6) is 23.0 Å². The van der Waals surface area contributed by atoms with E-state index >= 15 is 0 Å². The number of hydrogen-bond donors (Lipinski definition) is 0. The van der Waals surface area contributed by atoms with Crippen molar-refractivity contribution in [3.63, 3.8) is 0 Å². The Morgan fingerprint density at radius 2 is 1.63 bits per heavy atom.